The van der Waals surface area contributed by atoms with Crippen LogP contribution in [0.25, 0.3) is 11.1 Å². The number of benzene rings is 2. The van der Waals surface area contributed by atoms with Gasteiger partial charge in [0.1, 0.15) is 0 Å². The molecule has 0 N–H and O–H groups in total. The van der Waals surface area contributed by atoms with E-state index in [0.29, 0.717) is 32.8 Å². The lowest BCUT2D eigenvalue weighted by atomic mass is 9.99. The molecule has 0 saturated carbocycles. The lowest BCUT2D eigenvalue weighted by Gasteiger charge is -2.05. The maximum Gasteiger partial charge on any atom is 0.0992 e. The number of halogens is 1. The smallest absolute Gasteiger partial charge is 0.0992 e. The van der Waals surface area contributed by atoms with Gasteiger partial charge in [-0.2, -0.15) is 15.8 Å². The van der Waals surface area contributed by atoms with E-state index in [9.17, 15) is 0 Å². The van der Waals surface area contributed by atoms with Crippen LogP contribution >= 0.6 is 11.6 Å². The van der Waals surface area contributed by atoms with E-state index >= 15 is 0 Å². The van der Waals surface area contributed by atoms with Crippen molar-refractivity contribution < 1.29 is 0 Å². The Kier molecular flexibility index (Phi) is 3.48. The topological polar surface area (TPSA) is 71.4 Å². The first-order valence-electron chi connectivity index (χ1n) is 5.32. The van der Waals surface area contributed by atoms with Crippen molar-refractivity contribution in [3.63, 3.8) is 0 Å². The fourth-order valence-corrected chi connectivity index (χ4v) is 1.98. The molecular weight excluding hydrogens is 258 g/mol. The average Bonchev–Trinajstić information content (AvgIpc) is 2.45. The van der Waals surface area contributed by atoms with E-state index in [2.05, 4.69) is 0 Å². The third-order valence-corrected chi connectivity index (χ3v) is 2.77. The van der Waals surface area contributed by atoms with Gasteiger partial charge < -0.3 is 0 Å². The van der Waals surface area contributed by atoms with Gasteiger partial charge in [0.15, 0.2) is 0 Å². The molecule has 0 radical (unpaired) electrons. The number of nitriles is 3. The zero-order chi connectivity index (χ0) is 13.8. The molecule has 0 aliphatic heterocycles. The van der Waals surface area contributed by atoms with Crippen molar-refractivity contribution in [1.82, 2.24) is 0 Å². The Bertz CT molecular complexity index is 741. The molecule has 0 fully saturated rings. The molecule has 0 aliphatic rings. The molecule has 0 aliphatic carbocycles. The van der Waals surface area contributed by atoms with Crippen LogP contribution in [0.1, 0.15) is 16.7 Å². The van der Waals surface area contributed by atoms with Crippen molar-refractivity contribution in [2.24, 2.45) is 0 Å². The molecule has 0 amide bonds. The highest BCUT2D eigenvalue weighted by Crippen LogP contribution is 2.26. The van der Waals surface area contributed by atoms with Crippen molar-refractivity contribution >= 4 is 11.6 Å². The van der Waals surface area contributed by atoms with Crippen molar-refractivity contribution in [1.29, 1.82) is 15.8 Å². The molecule has 0 heterocycles. The minimum absolute atomic E-state index is 0.396. The number of hydrogen-bond acceptors (Lipinski definition) is 3. The molecule has 2 rings (SSSR count). The molecule has 3 nitrogen and oxygen atoms in total. The highest BCUT2D eigenvalue weighted by atomic mass is 35.5. The minimum Gasteiger partial charge on any atom is -0.192 e. The predicted octanol–water partition coefficient (Wildman–Crippen LogP) is 3.62. The molecule has 0 saturated heterocycles. The van der Waals surface area contributed by atoms with Crippen molar-refractivity contribution in [3.05, 3.63) is 58.1 Å². The first kappa shape index (κ1) is 12.7. The van der Waals surface area contributed by atoms with Gasteiger partial charge >= 0.3 is 0 Å². The van der Waals surface area contributed by atoms with E-state index < -0.39 is 0 Å². The van der Waals surface area contributed by atoms with E-state index in [1.807, 2.05) is 18.2 Å². The van der Waals surface area contributed by atoms with Gasteiger partial charge in [-0.05, 0) is 47.5 Å². The number of rotatable bonds is 1. The third-order valence-electron chi connectivity index (χ3n) is 2.55. The number of hydrogen-bond donors (Lipinski definition) is 0. The van der Waals surface area contributed by atoms with Crippen LogP contribution in [0.4, 0.5) is 0 Å². The highest BCUT2D eigenvalue weighted by Gasteiger charge is 2.06. The molecule has 88 valence electrons. The summed E-state index contributed by atoms with van der Waals surface area (Å²) in [5.41, 5.74) is 2.62. The summed E-state index contributed by atoms with van der Waals surface area (Å²) in [6, 6.07) is 15.8. The normalized spacial score (nSPS) is 9.16. The lowest BCUT2D eigenvalue weighted by Crippen LogP contribution is -1.86. The molecule has 2 aromatic rings. The van der Waals surface area contributed by atoms with E-state index in [4.69, 9.17) is 27.4 Å². The van der Waals surface area contributed by atoms with Crippen molar-refractivity contribution in [2.75, 3.05) is 0 Å². The first-order chi connectivity index (χ1) is 9.16. The van der Waals surface area contributed by atoms with Gasteiger partial charge in [-0.25, -0.2) is 0 Å². The molecule has 0 spiro atoms. The number of nitrogens with zero attached hydrogens (tertiary/aromatic N) is 3. The summed E-state index contributed by atoms with van der Waals surface area (Å²) in [5.74, 6) is 0. The zero-order valence-corrected chi connectivity index (χ0v) is 10.4. The Morgan fingerprint density at radius 1 is 0.632 bits per heavy atom. The second kappa shape index (κ2) is 5.23. The van der Waals surface area contributed by atoms with Gasteiger partial charge in [-0.3, -0.25) is 0 Å². The third kappa shape index (κ3) is 2.72. The maximum atomic E-state index is 8.95. The molecular formula is C15H6ClN3. The summed E-state index contributed by atoms with van der Waals surface area (Å²) < 4.78 is 0. The van der Waals surface area contributed by atoms with Crippen LogP contribution in [0.2, 0.25) is 5.02 Å². The van der Waals surface area contributed by atoms with Crippen LogP contribution < -0.4 is 0 Å². The summed E-state index contributed by atoms with van der Waals surface area (Å²) in [6.45, 7) is 0. The summed E-state index contributed by atoms with van der Waals surface area (Å²) in [4.78, 5) is 0. The van der Waals surface area contributed by atoms with E-state index in [-0.39, 0.29) is 0 Å². The van der Waals surface area contributed by atoms with E-state index in [0.717, 1.165) is 0 Å². The van der Waals surface area contributed by atoms with Crippen LogP contribution in [-0.4, -0.2) is 0 Å². The van der Waals surface area contributed by atoms with Crippen LogP contribution in [0.3, 0.4) is 0 Å². The molecule has 0 bridgehead atoms. The summed E-state index contributed by atoms with van der Waals surface area (Å²) in [5, 5.41) is 27.3. The van der Waals surface area contributed by atoms with Gasteiger partial charge in [0.05, 0.1) is 34.9 Å². The highest BCUT2D eigenvalue weighted by molar-refractivity contribution is 6.31. The van der Waals surface area contributed by atoms with Crippen molar-refractivity contribution in [3.8, 4) is 29.3 Å². The molecule has 2 aromatic carbocycles. The summed E-state index contributed by atoms with van der Waals surface area (Å²) in [6.07, 6.45) is 0. The molecule has 4 heteroatoms. The van der Waals surface area contributed by atoms with Crippen LogP contribution in [0, 0.1) is 34.0 Å². The average molecular weight is 264 g/mol. The fourth-order valence-electron chi connectivity index (χ4n) is 1.74. The van der Waals surface area contributed by atoms with Crippen LogP contribution in [0.15, 0.2) is 36.4 Å². The Balaban J connectivity index is 2.66. The van der Waals surface area contributed by atoms with E-state index in [1.165, 1.54) is 6.07 Å². The van der Waals surface area contributed by atoms with Gasteiger partial charge in [0.25, 0.3) is 0 Å². The van der Waals surface area contributed by atoms with Gasteiger partial charge in [0.2, 0.25) is 0 Å². The van der Waals surface area contributed by atoms with Gasteiger partial charge in [-0.15, -0.1) is 0 Å². The van der Waals surface area contributed by atoms with Gasteiger partial charge in [-0.1, -0.05) is 11.6 Å². The standard InChI is InChI=1S/C15H6ClN3/c16-15-5-12(9-19)4-14(6-15)13-2-10(7-17)1-11(3-13)8-18/h1-6H. The molecule has 0 atom stereocenters. The summed E-state index contributed by atoms with van der Waals surface area (Å²) >= 11 is 5.94. The Morgan fingerprint density at radius 2 is 1.05 bits per heavy atom. The molecule has 0 aromatic heterocycles. The zero-order valence-electron chi connectivity index (χ0n) is 9.68. The SMILES string of the molecule is N#Cc1cc(Cl)cc(-c2cc(C#N)cc(C#N)c2)c1. The Labute approximate surface area is 115 Å². The molecule has 0 unspecified atom stereocenters. The van der Waals surface area contributed by atoms with Crippen LogP contribution in [0.5, 0.6) is 0 Å². The summed E-state index contributed by atoms with van der Waals surface area (Å²) in [7, 11) is 0. The quantitative estimate of drug-likeness (QED) is 0.789. The first-order valence-corrected chi connectivity index (χ1v) is 5.70. The predicted molar refractivity (Wildman–Crippen MR) is 71.0 cm³/mol. The monoisotopic (exact) mass is 263 g/mol. The van der Waals surface area contributed by atoms with E-state index in [1.54, 1.807) is 30.3 Å². The van der Waals surface area contributed by atoms with Gasteiger partial charge in [0, 0.05) is 5.02 Å². The lowest BCUT2D eigenvalue weighted by molar-refractivity contribution is 1.44. The fraction of sp³-hybridized carbons (Fsp3) is 0. The second-order valence-electron chi connectivity index (χ2n) is 3.86. The Hall–Kier alpha value is -2.80. The molecule has 19 heavy (non-hydrogen) atoms. The van der Waals surface area contributed by atoms with Crippen LogP contribution in [-0.2, 0) is 0 Å². The van der Waals surface area contributed by atoms with Crippen molar-refractivity contribution in [2.45, 2.75) is 0 Å². The Morgan fingerprint density at radius 3 is 1.53 bits per heavy atom. The maximum absolute atomic E-state index is 8.95. The minimum atomic E-state index is 0.396. The second-order valence-corrected chi connectivity index (χ2v) is 4.30. The largest absolute Gasteiger partial charge is 0.192 e.